The molecule has 0 atom stereocenters. The van der Waals surface area contributed by atoms with E-state index in [4.69, 9.17) is 15.0 Å². The van der Waals surface area contributed by atoms with Gasteiger partial charge in [-0.2, -0.15) is 0 Å². The minimum absolute atomic E-state index is 0.666. The fourth-order valence-corrected chi connectivity index (χ4v) is 8.86. The molecule has 0 aliphatic heterocycles. The Balaban J connectivity index is 1.16. The van der Waals surface area contributed by atoms with E-state index in [1.54, 1.807) is 0 Å². The molecule has 0 spiro atoms. The molecule has 0 saturated heterocycles. The molecule has 2 heterocycles. The molecule has 0 unspecified atom stereocenters. The Morgan fingerprint density at radius 1 is 0.434 bits per heavy atom. The molecule has 3 nitrogen and oxygen atoms in total. The average molecular weight is 696 g/mol. The van der Waals surface area contributed by atoms with E-state index < -0.39 is 0 Å². The molecule has 2 aromatic heterocycles. The predicted octanol–water partition coefficient (Wildman–Crippen LogP) is 13.8. The molecule has 0 fully saturated rings. The molecule has 0 aliphatic rings. The molecule has 0 aliphatic carbocycles. The van der Waals surface area contributed by atoms with Crippen molar-refractivity contribution in [1.82, 2.24) is 15.0 Å². The maximum atomic E-state index is 5.08. The largest absolute Gasteiger partial charge is 0.209 e. The second-order valence-electron chi connectivity index (χ2n) is 13.5. The fraction of sp³-hybridized carbons (Fsp3) is 0.0408. The van der Waals surface area contributed by atoms with Gasteiger partial charge in [0.25, 0.3) is 0 Å². The van der Waals surface area contributed by atoms with Crippen LogP contribution in [0, 0.1) is 0 Å². The van der Waals surface area contributed by atoms with E-state index in [-0.39, 0.29) is 0 Å². The summed E-state index contributed by atoms with van der Waals surface area (Å²) in [5.41, 5.74) is 7.64. The second-order valence-corrected chi connectivity index (χ2v) is 14.6. The van der Waals surface area contributed by atoms with Crippen LogP contribution in [0.5, 0.6) is 0 Å². The summed E-state index contributed by atoms with van der Waals surface area (Å²) in [5, 5.41) is 10.2. The van der Waals surface area contributed by atoms with Crippen LogP contribution in [0.25, 0.3) is 103 Å². The van der Waals surface area contributed by atoms with Crippen molar-refractivity contribution in [2.75, 3.05) is 0 Å². The van der Waals surface area contributed by atoms with Gasteiger partial charge >= 0.3 is 0 Å². The summed E-state index contributed by atoms with van der Waals surface area (Å²) in [5.74, 6) is 2.02. The van der Waals surface area contributed by atoms with Crippen LogP contribution in [0.4, 0.5) is 0 Å². The number of hydrogen-bond donors (Lipinski definition) is 0. The standard InChI is InChI=1S/C49H33N3S/c1-3-30(2)47-50-48(31-14-5-4-6-15-31)52-49(51-47)41-21-12-11-20-38(41)40-22-13-23-45-46(40)43-29-33(25-27-44(43)53-45)32-24-26-39-36-18-8-7-16-34(36)35-17-9-10-19-37(35)42(39)28-32/h3-29H,1-2H3/b30-3+. The number of aromatic nitrogens is 3. The molecule has 4 heteroatoms. The molecule has 53 heavy (non-hydrogen) atoms. The van der Waals surface area contributed by atoms with Gasteiger partial charge in [0.2, 0.25) is 0 Å². The maximum Gasteiger partial charge on any atom is 0.164 e. The van der Waals surface area contributed by atoms with Gasteiger partial charge in [0.1, 0.15) is 0 Å². The van der Waals surface area contributed by atoms with Gasteiger partial charge in [0.15, 0.2) is 17.5 Å². The van der Waals surface area contributed by atoms with Gasteiger partial charge in [-0.15, -0.1) is 11.3 Å². The van der Waals surface area contributed by atoms with Crippen molar-refractivity contribution < 1.29 is 0 Å². The number of allylic oxidation sites excluding steroid dienone is 2. The highest BCUT2D eigenvalue weighted by Gasteiger charge is 2.19. The van der Waals surface area contributed by atoms with Crippen LogP contribution in [0.3, 0.4) is 0 Å². The van der Waals surface area contributed by atoms with Gasteiger partial charge in [0.05, 0.1) is 0 Å². The maximum absolute atomic E-state index is 5.08. The third kappa shape index (κ3) is 5.22. The highest BCUT2D eigenvalue weighted by molar-refractivity contribution is 7.26. The normalized spacial score (nSPS) is 12.1. The summed E-state index contributed by atoms with van der Waals surface area (Å²) in [6.07, 6.45) is 2.05. The van der Waals surface area contributed by atoms with Gasteiger partial charge in [-0.05, 0) is 98.3 Å². The van der Waals surface area contributed by atoms with Gasteiger partial charge in [-0.25, -0.2) is 15.0 Å². The highest BCUT2D eigenvalue weighted by Crippen LogP contribution is 2.44. The Morgan fingerprint density at radius 3 is 1.72 bits per heavy atom. The number of rotatable bonds is 5. The lowest BCUT2D eigenvalue weighted by Gasteiger charge is -2.13. The quantitative estimate of drug-likeness (QED) is 0.168. The van der Waals surface area contributed by atoms with E-state index in [9.17, 15) is 0 Å². The molecule has 10 aromatic rings. The second kappa shape index (κ2) is 12.6. The Hall–Kier alpha value is -6.49. The van der Waals surface area contributed by atoms with Crippen molar-refractivity contribution in [3.8, 4) is 45.0 Å². The van der Waals surface area contributed by atoms with E-state index in [1.807, 2.05) is 36.5 Å². The van der Waals surface area contributed by atoms with Crippen LogP contribution in [0.2, 0.25) is 0 Å². The highest BCUT2D eigenvalue weighted by atomic mass is 32.1. The third-order valence-corrected chi connectivity index (χ3v) is 11.6. The SMILES string of the molecule is C/C=C(\C)c1nc(-c2ccccc2)nc(-c2ccccc2-c2cccc3sc4ccc(-c5ccc6c7ccccc7c7ccccc7c6c5)cc4c23)n1. The molecule has 0 saturated carbocycles. The molecular formula is C49H33N3S. The van der Waals surface area contributed by atoms with Crippen molar-refractivity contribution >= 4 is 69.4 Å². The van der Waals surface area contributed by atoms with Crippen LogP contribution < -0.4 is 0 Å². The van der Waals surface area contributed by atoms with Crippen LogP contribution in [-0.4, -0.2) is 15.0 Å². The van der Waals surface area contributed by atoms with Gasteiger partial charge in [0, 0.05) is 31.3 Å². The topological polar surface area (TPSA) is 38.7 Å². The molecule has 250 valence electrons. The molecule has 0 bridgehead atoms. The van der Waals surface area contributed by atoms with Gasteiger partial charge in [-0.3, -0.25) is 0 Å². The van der Waals surface area contributed by atoms with Crippen LogP contribution in [-0.2, 0) is 0 Å². The molecule has 0 amide bonds. The molecule has 8 aromatic carbocycles. The first-order chi connectivity index (χ1) is 26.1. The van der Waals surface area contributed by atoms with Crippen molar-refractivity contribution in [3.63, 3.8) is 0 Å². The monoisotopic (exact) mass is 695 g/mol. The molecular weight excluding hydrogens is 663 g/mol. The van der Waals surface area contributed by atoms with Crippen molar-refractivity contribution in [1.29, 1.82) is 0 Å². The van der Waals surface area contributed by atoms with Gasteiger partial charge in [-0.1, -0.05) is 140 Å². The van der Waals surface area contributed by atoms with Crippen LogP contribution >= 0.6 is 11.3 Å². The third-order valence-electron chi connectivity index (χ3n) is 10.5. The van der Waals surface area contributed by atoms with E-state index >= 15 is 0 Å². The summed E-state index contributed by atoms with van der Waals surface area (Å²) in [6.45, 7) is 4.07. The minimum atomic E-state index is 0.666. The molecule has 10 rings (SSSR count). The van der Waals surface area contributed by atoms with Crippen molar-refractivity contribution in [2.24, 2.45) is 0 Å². The van der Waals surface area contributed by atoms with Gasteiger partial charge < -0.3 is 0 Å². The Bertz CT molecular complexity index is 3050. The first kappa shape index (κ1) is 31.3. The van der Waals surface area contributed by atoms with Crippen LogP contribution in [0.1, 0.15) is 19.7 Å². The summed E-state index contributed by atoms with van der Waals surface area (Å²) in [4.78, 5) is 15.0. The zero-order valence-electron chi connectivity index (χ0n) is 29.3. The Kier molecular flexibility index (Phi) is 7.45. The summed E-state index contributed by atoms with van der Waals surface area (Å²) >= 11 is 1.84. The fourth-order valence-electron chi connectivity index (χ4n) is 7.75. The summed E-state index contributed by atoms with van der Waals surface area (Å²) in [6, 6.07) is 56.8. The molecule has 0 radical (unpaired) electrons. The number of benzene rings is 8. The number of hydrogen-bond acceptors (Lipinski definition) is 4. The van der Waals surface area contributed by atoms with Crippen molar-refractivity contribution in [3.05, 3.63) is 170 Å². The van der Waals surface area contributed by atoms with Crippen molar-refractivity contribution in [2.45, 2.75) is 13.8 Å². The molecule has 0 N–H and O–H groups in total. The average Bonchev–Trinajstić information content (AvgIpc) is 3.62. The first-order valence-electron chi connectivity index (χ1n) is 18.0. The number of fused-ring (bicyclic) bond motifs is 9. The predicted molar refractivity (Wildman–Crippen MR) is 226 cm³/mol. The lowest BCUT2D eigenvalue weighted by molar-refractivity contribution is 1.03. The van der Waals surface area contributed by atoms with E-state index in [1.165, 1.54) is 69.2 Å². The van der Waals surface area contributed by atoms with E-state index in [0.717, 1.165) is 22.3 Å². The first-order valence-corrected chi connectivity index (χ1v) is 18.8. The zero-order valence-corrected chi connectivity index (χ0v) is 30.2. The summed E-state index contributed by atoms with van der Waals surface area (Å²) < 4.78 is 2.52. The summed E-state index contributed by atoms with van der Waals surface area (Å²) in [7, 11) is 0. The minimum Gasteiger partial charge on any atom is -0.209 e. The van der Waals surface area contributed by atoms with E-state index in [2.05, 4.69) is 153 Å². The Labute approximate surface area is 311 Å². The smallest absolute Gasteiger partial charge is 0.164 e. The lowest BCUT2D eigenvalue weighted by Crippen LogP contribution is -2.02. The van der Waals surface area contributed by atoms with E-state index in [0.29, 0.717) is 17.5 Å². The Morgan fingerprint density at radius 2 is 1.00 bits per heavy atom. The zero-order chi connectivity index (χ0) is 35.5. The lowest BCUT2D eigenvalue weighted by atomic mass is 9.91. The number of nitrogens with zero attached hydrogens (tertiary/aromatic N) is 3. The number of thiophene rings is 1. The van der Waals surface area contributed by atoms with Crippen LogP contribution in [0.15, 0.2) is 164 Å².